The molecule has 2 unspecified atom stereocenters. The van der Waals surface area contributed by atoms with Crippen LogP contribution in [0.1, 0.15) is 13.8 Å². The molecule has 0 amide bonds. The molecule has 0 aliphatic heterocycles. The van der Waals surface area contributed by atoms with Crippen molar-refractivity contribution < 1.29 is 0 Å². The first-order valence-electron chi connectivity index (χ1n) is 2.17. The number of rotatable bonds is 2. The number of hydrogen-bond donors (Lipinski definition) is 1. The third kappa shape index (κ3) is 6.54. The van der Waals surface area contributed by atoms with Gasteiger partial charge in [0, 0.05) is 0 Å². The summed E-state index contributed by atoms with van der Waals surface area (Å²) in [5.41, 5.74) is -0.0694. The number of hydrogen-bond acceptors (Lipinski definition) is 1. The SMILES string of the molecule is CC(Cl)NC(C)Cl. The smallest absolute Gasteiger partial charge is 0.0807 e. The van der Waals surface area contributed by atoms with E-state index in [-0.39, 0.29) is 11.0 Å². The van der Waals surface area contributed by atoms with E-state index in [1.165, 1.54) is 0 Å². The molecular formula is C4H9Cl2N. The minimum Gasteiger partial charge on any atom is -0.286 e. The van der Waals surface area contributed by atoms with Crippen LogP contribution in [0, 0.1) is 0 Å². The molecule has 3 heteroatoms. The Hall–Kier alpha value is 0.540. The normalized spacial score (nSPS) is 18.9. The van der Waals surface area contributed by atoms with E-state index < -0.39 is 0 Å². The molecule has 2 atom stereocenters. The first-order chi connectivity index (χ1) is 3.13. The summed E-state index contributed by atoms with van der Waals surface area (Å²) in [6.45, 7) is 3.67. The van der Waals surface area contributed by atoms with Crippen LogP contribution in [0.2, 0.25) is 0 Å². The summed E-state index contributed by atoms with van der Waals surface area (Å²) in [6.07, 6.45) is 0. The Kier molecular flexibility index (Phi) is 3.80. The highest BCUT2D eigenvalue weighted by molar-refractivity contribution is 6.22. The van der Waals surface area contributed by atoms with E-state index in [1.807, 2.05) is 13.8 Å². The third-order valence-corrected chi connectivity index (χ3v) is 0.711. The minimum absolute atomic E-state index is 0.0347. The number of halogens is 2. The van der Waals surface area contributed by atoms with Gasteiger partial charge < -0.3 is 0 Å². The van der Waals surface area contributed by atoms with Crippen LogP contribution >= 0.6 is 23.2 Å². The van der Waals surface area contributed by atoms with Crippen molar-refractivity contribution in [2.75, 3.05) is 0 Å². The van der Waals surface area contributed by atoms with Crippen molar-refractivity contribution in [3.8, 4) is 0 Å². The molecule has 7 heavy (non-hydrogen) atoms. The maximum Gasteiger partial charge on any atom is 0.0807 e. The average Bonchev–Trinajstić information content (AvgIpc) is 1.27. The standard InChI is InChI=1S/C4H9Cl2N/c1-3(5)7-4(2)6/h3-4,7H,1-2H3. The van der Waals surface area contributed by atoms with Gasteiger partial charge in [0.15, 0.2) is 0 Å². The molecule has 0 aromatic rings. The number of nitrogens with one attached hydrogen (secondary N) is 1. The third-order valence-electron chi connectivity index (χ3n) is 0.459. The van der Waals surface area contributed by atoms with Crippen LogP contribution in [0.15, 0.2) is 0 Å². The van der Waals surface area contributed by atoms with Gasteiger partial charge in [0.1, 0.15) is 0 Å². The molecule has 0 fully saturated rings. The van der Waals surface area contributed by atoms with Gasteiger partial charge in [0.25, 0.3) is 0 Å². The van der Waals surface area contributed by atoms with Gasteiger partial charge in [-0.1, -0.05) is 0 Å². The molecule has 1 nitrogen and oxygen atoms in total. The Bertz CT molecular complexity index is 39.0. The molecule has 0 spiro atoms. The second kappa shape index (κ2) is 3.53. The van der Waals surface area contributed by atoms with E-state index in [0.29, 0.717) is 0 Å². The number of alkyl halides is 2. The largest absolute Gasteiger partial charge is 0.286 e. The zero-order valence-electron chi connectivity index (χ0n) is 4.41. The zero-order chi connectivity index (χ0) is 5.86. The molecule has 0 aliphatic rings. The lowest BCUT2D eigenvalue weighted by molar-refractivity contribution is 0.667. The highest BCUT2D eigenvalue weighted by atomic mass is 35.5. The van der Waals surface area contributed by atoms with E-state index in [9.17, 15) is 0 Å². The van der Waals surface area contributed by atoms with Crippen molar-refractivity contribution >= 4 is 23.2 Å². The van der Waals surface area contributed by atoms with Gasteiger partial charge in [-0.25, -0.2) is 0 Å². The second-order valence-corrected chi connectivity index (χ2v) is 2.71. The fourth-order valence-electron chi connectivity index (χ4n) is 0.316. The van der Waals surface area contributed by atoms with Crippen LogP contribution in [0.5, 0.6) is 0 Å². The summed E-state index contributed by atoms with van der Waals surface area (Å²) in [7, 11) is 0. The van der Waals surface area contributed by atoms with Crippen LogP contribution in [-0.4, -0.2) is 11.0 Å². The molecule has 0 aromatic heterocycles. The van der Waals surface area contributed by atoms with Crippen molar-refractivity contribution in [1.29, 1.82) is 0 Å². The highest BCUT2D eigenvalue weighted by Gasteiger charge is 1.96. The second-order valence-electron chi connectivity index (χ2n) is 1.40. The van der Waals surface area contributed by atoms with Gasteiger partial charge in [-0.2, -0.15) is 0 Å². The molecule has 0 rings (SSSR count). The molecule has 0 saturated heterocycles. The lowest BCUT2D eigenvalue weighted by atomic mass is 10.6. The Balaban J connectivity index is 2.95. The molecular weight excluding hydrogens is 133 g/mol. The molecule has 0 aliphatic carbocycles. The van der Waals surface area contributed by atoms with Gasteiger partial charge in [-0.15, -0.1) is 23.2 Å². The predicted molar refractivity (Wildman–Crippen MR) is 33.8 cm³/mol. The fraction of sp³-hybridized carbons (Fsp3) is 1.00. The summed E-state index contributed by atoms with van der Waals surface area (Å²) in [5, 5.41) is 2.84. The minimum atomic E-state index is -0.0347. The molecule has 0 aromatic carbocycles. The molecule has 0 bridgehead atoms. The summed E-state index contributed by atoms with van der Waals surface area (Å²) in [6, 6.07) is 0. The molecule has 0 radical (unpaired) electrons. The van der Waals surface area contributed by atoms with Crippen LogP contribution in [-0.2, 0) is 0 Å². The monoisotopic (exact) mass is 141 g/mol. The Morgan fingerprint density at radius 1 is 1.14 bits per heavy atom. The molecule has 0 saturated carbocycles. The maximum atomic E-state index is 5.48. The van der Waals surface area contributed by atoms with E-state index >= 15 is 0 Å². The summed E-state index contributed by atoms with van der Waals surface area (Å²) in [5.74, 6) is 0. The molecule has 0 heterocycles. The first kappa shape index (κ1) is 7.54. The quantitative estimate of drug-likeness (QED) is 0.457. The summed E-state index contributed by atoms with van der Waals surface area (Å²) < 4.78 is 0. The Morgan fingerprint density at radius 3 is 1.43 bits per heavy atom. The van der Waals surface area contributed by atoms with Crippen molar-refractivity contribution in [1.82, 2.24) is 5.32 Å². The Morgan fingerprint density at radius 2 is 1.43 bits per heavy atom. The maximum absolute atomic E-state index is 5.48. The van der Waals surface area contributed by atoms with Gasteiger partial charge in [0.2, 0.25) is 0 Å². The molecule has 1 N–H and O–H groups in total. The Labute approximate surface area is 54.0 Å². The van der Waals surface area contributed by atoms with E-state index in [2.05, 4.69) is 5.32 Å². The van der Waals surface area contributed by atoms with Crippen molar-refractivity contribution in [3.63, 3.8) is 0 Å². The predicted octanol–water partition coefficient (Wildman–Crippen LogP) is 1.75. The zero-order valence-corrected chi connectivity index (χ0v) is 5.92. The van der Waals surface area contributed by atoms with E-state index in [1.54, 1.807) is 0 Å². The van der Waals surface area contributed by atoms with Crippen molar-refractivity contribution in [2.45, 2.75) is 24.8 Å². The van der Waals surface area contributed by atoms with Gasteiger partial charge in [-0.3, -0.25) is 5.32 Å². The fourth-order valence-corrected chi connectivity index (χ4v) is 0.759. The van der Waals surface area contributed by atoms with Crippen LogP contribution < -0.4 is 5.32 Å². The van der Waals surface area contributed by atoms with E-state index in [4.69, 9.17) is 23.2 Å². The van der Waals surface area contributed by atoms with E-state index in [0.717, 1.165) is 0 Å². The van der Waals surface area contributed by atoms with Gasteiger partial charge in [-0.05, 0) is 13.8 Å². The van der Waals surface area contributed by atoms with Crippen LogP contribution in [0.4, 0.5) is 0 Å². The lowest BCUT2D eigenvalue weighted by Crippen LogP contribution is -2.25. The summed E-state index contributed by atoms with van der Waals surface area (Å²) >= 11 is 11.0. The highest BCUT2D eigenvalue weighted by Crippen LogP contribution is 1.93. The van der Waals surface area contributed by atoms with Crippen LogP contribution in [0.3, 0.4) is 0 Å². The topological polar surface area (TPSA) is 12.0 Å². The summed E-state index contributed by atoms with van der Waals surface area (Å²) in [4.78, 5) is 0. The first-order valence-corrected chi connectivity index (χ1v) is 3.04. The van der Waals surface area contributed by atoms with Gasteiger partial charge in [0.05, 0.1) is 11.0 Å². The van der Waals surface area contributed by atoms with Crippen molar-refractivity contribution in [3.05, 3.63) is 0 Å². The lowest BCUT2D eigenvalue weighted by Gasteiger charge is -2.06. The van der Waals surface area contributed by atoms with Crippen LogP contribution in [0.25, 0.3) is 0 Å². The van der Waals surface area contributed by atoms with Crippen molar-refractivity contribution in [2.24, 2.45) is 0 Å². The van der Waals surface area contributed by atoms with Gasteiger partial charge >= 0.3 is 0 Å². The molecule has 44 valence electrons. The average molecular weight is 142 g/mol.